The van der Waals surface area contributed by atoms with Crippen LogP contribution in [0.2, 0.25) is 0 Å². The molecule has 0 aromatic heterocycles. The molecule has 0 radical (unpaired) electrons. The number of benzene rings is 1. The van der Waals surface area contributed by atoms with E-state index in [9.17, 15) is 0 Å². The molecule has 1 aliphatic carbocycles. The van der Waals surface area contributed by atoms with Crippen LogP contribution < -0.4 is 10.5 Å². The summed E-state index contributed by atoms with van der Waals surface area (Å²) in [6.45, 7) is 4.02. The Morgan fingerprint density at radius 2 is 2.07 bits per heavy atom. The van der Waals surface area contributed by atoms with E-state index in [-0.39, 0.29) is 5.54 Å². The van der Waals surface area contributed by atoms with Gasteiger partial charge < -0.3 is 10.5 Å². The third-order valence-electron chi connectivity index (χ3n) is 2.93. The van der Waals surface area contributed by atoms with Crippen molar-refractivity contribution in [2.45, 2.75) is 44.8 Å². The Bertz CT molecular complexity index is 337. The minimum absolute atomic E-state index is 0.293. The summed E-state index contributed by atoms with van der Waals surface area (Å²) >= 11 is 0. The first-order valence-corrected chi connectivity index (χ1v) is 5.62. The van der Waals surface area contributed by atoms with E-state index in [0.717, 1.165) is 11.3 Å². The summed E-state index contributed by atoms with van der Waals surface area (Å²) in [5.74, 6) is 0.954. The molecule has 0 spiro atoms. The van der Waals surface area contributed by atoms with Crippen LogP contribution in [0.15, 0.2) is 24.3 Å². The van der Waals surface area contributed by atoms with Gasteiger partial charge in [0.25, 0.3) is 0 Å². The van der Waals surface area contributed by atoms with Gasteiger partial charge in [0.1, 0.15) is 5.75 Å². The van der Waals surface area contributed by atoms with Gasteiger partial charge in [-0.2, -0.15) is 0 Å². The molecule has 1 saturated carbocycles. The molecule has 0 unspecified atom stereocenters. The first-order chi connectivity index (χ1) is 7.05. The van der Waals surface area contributed by atoms with Gasteiger partial charge >= 0.3 is 0 Å². The SMILES string of the molecule is CC(C)(N)c1cccc(OC2CCC2)c1. The lowest BCUT2D eigenvalue weighted by molar-refractivity contribution is 0.120. The second-order valence-electron chi connectivity index (χ2n) is 4.92. The molecule has 0 aliphatic heterocycles. The third kappa shape index (κ3) is 2.51. The van der Waals surface area contributed by atoms with Gasteiger partial charge in [0.15, 0.2) is 0 Å². The van der Waals surface area contributed by atoms with Gasteiger partial charge in [-0.3, -0.25) is 0 Å². The van der Waals surface area contributed by atoms with Crippen molar-refractivity contribution < 1.29 is 4.74 Å². The fourth-order valence-electron chi connectivity index (χ4n) is 1.65. The quantitative estimate of drug-likeness (QED) is 0.823. The summed E-state index contributed by atoms with van der Waals surface area (Å²) in [6.07, 6.45) is 4.11. The van der Waals surface area contributed by atoms with Crippen molar-refractivity contribution in [2.75, 3.05) is 0 Å². The molecular formula is C13H19NO. The first-order valence-electron chi connectivity index (χ1n) is 5.62. The minimum Gasteiger partial charge on any atom is -0.490 e. The second kappa shape index (κ2) is 3.86. The molecule has 2 heteroatoms. The van der Waals surface area contributed by atoms with Crippen molar-refractivity contribution >= 4 is 0 Å². The molecule has 15 heavy (non-hydrogen) atoms. The first kappa shape index (κ1) is 10.5. The summed E-state index contributed by atoms with van der Waals surface area (Å²) in [5.41, 5.74) is 6.88. The summed E-state index contributed by atoms with van der Waals surface area (Å²) in [6, 6.07) is 8.12. The Morgan fingerprint density at radius 3 is 2.60 bits per heavy atom. The maximum absolute atomic E-state index is 6.05. The molecule has 0 bridgehead atoms. The van der Waals surface area contributed by atoms with Gasteiger partial charge in [0.2, 0.25) is 0 Å². The average Bonchev–Trinajstić information content (AvgIpc) is 2.11. The largest absolute Gasteiger partial charge is 0.490 e. The zero-order chi connectivity index (χ0) is 10.9. The molecule has 0 atom stereocenters. The Morgan fingerprint density at radius 1 is 1.33 bits per heavy atom. The average molecular weight is 205 g/mol. The van der Waals surface area contributed by atoms with E-state index in [4.69, 9.17) is 10.5 Å². The highest BCUT2D eigenvalue weighted by molar-refractivity contribution is 5.32. The van der Waals surface area contributed by atoms with Crippen LogP contribution >= 0.6 is 0 Å². The lowest BCUT2D eigenvalue weighted by Gasteiger charge is -2.27. The molecule has 1 fully saturated rings. The molecule has 2 N–H and O–H groups in total. The van der Waals surface area contributed by atoms with Crippen LogP contribution in [0.4, 0.5) is 0 Å². The predicted octanol–water partition coefficient (Wildman–Crippen LogP) is 2.81. The maximum Gasteiger partial charge on any atom is 0.120 e. The van der Waals surface area contributed by atoms with Crippen LogP contribution in [0, 0.1) is 0 Å². The monoisotopic (exact) mass is 205 g/mol. The third-order valence-corrected chi connectivity index (χ3v) is 2.93. The summed E-state index contributed by atoms with van der Waals surface area (Å²) in [7, 11) is 0. The van der Waals surface area contributed by atoms with Crippen LogP contribution in [0.5, 0.6) is 5.75 Å². The minimum atomic E-state index is -0.293. The summed E-state index contributed by atoms with van der Waals surface area (Å²) < 4.78 is 5.83. The Hall–Kier alpha value is -1.02. The van der Waals surface area contributed by atoms with Crippen molar-refractivity contribution in [2.24, 2.45) is 5.73 Å². The van der Waals surface area contributed by atoms with Crippen molar-refractivity contribution in [1.82, 2.24) is 0 Å². The maximum atomic E-state index is 6.05. The van der Waals surface area contributed by atoms with Crippen molar-refractivity contribution in [3.8, 4) is 5.75 Å². The van der Waals surface area contributed by atoms with E-state index in [2.05, 4.69) is 6.07 Å². The molecular weight excluding hydrogens is 186 g/mol. The van der Waals surface area contributed by atoms with Gasteiger partial charge in [-0.15, -0.1) is 0 Å². The molecule has 1 aromatic rings. The van der Waals surface area contributed by atoms with E-state index in [1.54, 1.807) is 0 Å². The predicted molar refractivity (Wildman–Crippen MR) is 61.9 cm³/mol. The van der Waals surface area contributed by atoms with E-state index in [1.807, 2.05) is 32.0 Å². The second-order valence-corrected chi connectivity index (χ2v) is 4.92. The van der Waals surface area contributed by atoms with Crippen LogP contribution in [-0.4, -0.2) is 6.10 Å². The van der Waals surface area contributed by atoms with Gasteiger partial charge in [-0.05, 0) is 50.8 Å². The van der Waals surface area contributed by atoms with Gasteiger partial charge in [-0.25, -0.2) is 0 Å². The lowest BCUT2D eigenvalue weighted by Crippen LogP contribution is -2.29. The molecule has 1 aliphatic rings. The summed E-state index contributed by atoms with van der Waals surface area (Å²) in [5, 5.41) is 0. The number of nitrogens with two attached hydrogens (primary N) is 1. The van der Waals surface area contributed by atoms with Crippen molar-refractivity contribution in [3.63, 3.8) is 0 Å². The Balaban J connectivity index is 2.11. The Labute approximate surface area is 91.4 Å². The summed E-state index contributed by atoms with van der Waals surface area (Å²) in [4.78, 5) is 0. The highest BCUT2D eigenvalue weighted by atomic mass is 16.5. The van der Waals surface area contributed by atoms with Crippen LogP contribution in [0.25, 0.3) is 0 Å². The highest BCUT2D eigenvalue weighted by Gasteiger charge is 2.20. The lowest BCUT2D eigenvalue weighted by atomic mass is 9.94. The van der Waals surface area contributed by atoms with E-state index in [0.29, 0.717) is 6.10 Å². The number of hydrogen-bond acceptors (Lipinski definition) is 2. The van der Waals surface area contributed by atoms with E-state index in [1.165, 1.54) is 19.3 Å². The Kier molecular flexibility index (Phi) is 2.70. The van der Waals surface area contributed by atoms with Crippen LogP contribution in [-0.2, 0) is 5.54 Å². The van der Waals surface area contributed by atoms with Crippen LogP contribution in [0.3, 0.4) is 0 Å². The molecule has 0 amide bonds. The van der Waals surface area contributed by atoms with Crippen LogP contribution in [0.1, 0.15) is 38.7 Å². The number of hydrogen-bond donors (Lipinski definition) is 1. The van der Waals surface area contributed by atoms with E-state index >= 15 is 0 Å². The topological polar surface area (TPSA) is 35.2 Å². The van der Waals surface area contributed by atoms with Crippen molar-refractivity contribution in [3.05, 3.63) is 29.8 Å². The highest BCUT2D eigenvalue weighted by Crippen LogP contribution is 2.27. The molecule has 82 valence electrons. The standard InChI is InChI=1S/C13H19NO/c1-13(2,14)10-5-3-8-12(9-10)15-11-6-4-7-11/h3,5,8-9,11H,4,6-7,14H2,1-2H3. The zero-order valence-electron chi connectivity index (χ0n) is 9.49. The number of rotatable bonds is 3. The molecule has 2 rings (SSSR count). The normalized spacial score (nSPS) is 17.3. The molecule has 0 saturated heterocycles. The molecule has 2 nitrogen and oxygen atoms in total. The molecule has 0 heterocycles. The zero-order valence-corrected chi connectivity index (χ0v) is 9.49. The fraction of sp³-hybridized carbons (Fsp3) is 0.538. The van der Waals surface area contributed by atoms with Gasteiger partial charge in [-0.1, -0.05) is 12.1 Å². The smallest absolute Gasteiger partial charge is 0.120 e. The fourth-order valence-corrected chi connectivity index (χ4v) is 1.65. The molecule has 1 aromatic carbocycles. The van der Waals surface area contributed by atoms with E-state index < -0.39 is 0 Å². The number of ether oxygens (including phenoxy) is 1. The van der Waals surface area contributed by atoms with Gasteiger partial charge in [0.05, 0.1) is 6.10 Å². The van der Waals surface area contributed by atoms with Gasteiger partial charge in [0, 0.05) is 5.54 Å². The van der Waals surface area contributed by atoms with Crippen molar-refractivity contribution in [1.29, 1.82) is 0 Å².